The molecule has 2 aromatic rings. The molecule has 24 heavy (non-hydrogen) atoms. The lowest BCUT2D eigenvalue weighted by molar-refractivity contribution is -0.140. The lowest BCUT2D eigenvalue weighted by Crippen LogP contribution is -2.47. The van der Waals surface area contributed by atoms with Gasteiger partial charge in [-0.15, -0.1) is 11.3 Å². The van der Waals surface area contributed by atoms with Crippen LogP contribution in [-0.4, -0.2) is 50.3 Å². The number of carbonyl (C=O) groups is 2. The zero-order valence-electron chi connectivity index (χ0n) is 13.6. The van der Waals surface area contributed by atoms with Crippen LogP contribution in [0.4, 0.5) is 0 Å². The van der Waals surface area contributed by atoms with E-state index in [1.165, 1.54) is 0 Å². The summed E-state index contributed by atoms with van der Waals surface area (Å²) in [5.74, 6) is 0.0933. The molecule has 0 aromatic carbocycles. The van der Waals surface area contributed by atoms with Crippen LogP contribution in [0.25, 0.3) is 0 Å². The van der Waals surface area contributed by atoms with Crippen molar-refractivity contribution in [1.82, 2.24) is 19.4 Å². The molecule has 5 rings (SSSR count). The first-order chi connectivity index (χ1) is 11.6. The molecule has 0 saturated carbocycles. The molecular weight excluding hydrogens is 324 g/mol. The maximum absolute atomic E-state index is 12.8. The summed E-state index contributed by atoms with van der Waals surface area (Å²) in [6.07, 6.45) is 3.70. The Balaban J connectivity index is 1.57. The molecule has 0 unspecified atom stereocenters. The minimum Gasteiger partial charge on any atom is -0.347 e. The molecule has 3 aliphatic heterocycles. The van der Waals surface area contributed by atoms with E-state index in [0.717, 1.165) is 18.5 Å². The van der Waals surface area contributed by atoms with Crippen molar-refractivity contribution in [2.45, 2.75) is 25.4 Å². The summed E-state index contributed by atoms with van der Waals surface area (Å²) in [5.41, 5.74) is 3.40. The van der Waals surface area contributed by atoms with Crippen LogP contribution in [0.5, 0.6) is 0 Å². The van der Waals surface area contributed by atoms with Crippen LogP contribution in [0.1, 0.15) is 29.0 Å². The quantitative estimate of drug-likeness (QED) is 0.852. The summed E-state index contributed by atoms with van der Waals surface area (Å²) in [4.78, 5) is 33.8. The van der Waals surface area contributed by atoms with Gasteiger partial charge in [0.15, 0.2) is 0 Å². The first-order valence-corrected chi connectivity index (χ1v) is 9.16. The van der Waals surface area contributed by atoms with E-state index in [0.29, 0.717) is 25.3 Å². The highest BCUT2D eigenvalue weighted by Gasteiger charge is 2.42. The van der Waals surface area contributed by atoms with Crippen molar-refractivity contribution in [3.05, 3.63) is 40.6 Å². The second-order valence-electron chi connectivity index (χ2n) is 6.59. The van der Waals surface area contributed by atoms with Gasteiger partial charge in [-0.1, -0.05) is 0 Å². The van der Waals surface area contributed by atoms with Gasteiger partial charge in [0.05, 0.1) is 23.7 Å². The predicted octanol–water partition coefficient (Wildman–Crippen LogP) is 1.74. The van der Waals surface area contributed by atoms with Crippen LogP contribution < -0.4 is 0 Å². The fourth-order valence-corrected chi connectivity index (χ4v) is 4.30. The lowest BCUT2D eigenvalue weighted by atomic mass is 9.94. The molecule has 0 aliphatic carbocycles. The standard InChI is InChI=1S/C17H20N4O2S/c1-19-6-2-3-15(19)17(23)20-7-12-4-5-14(9-20)21(16(12)22)8-13-10-24-11-18-13/h2-3,6,10-12,14H,4-5,7-9H2,1H3/t12-,14+/m1/s1. The molecule has 5 heterocycles. The van der Waals surface area contributed by atoms with Crippen molar-refractivity contribution in [3.8, 4) is 0 Å². The zero-order chi connectivity index (χ0) is 16.7. The summed E-state index contributed by atoms with van der Waals surface area (Å²) < 4.78 is 1.84. The fourth-order valence-electron chi connectivity index (χ4n) is 3.75. The van der Waals surface area contributed by atoms with Gasteiger partial charge in [-0.2, -0.15) is 0 Å². The van der Waals surface area contributed by atoms with Crippen molar-refractivity contribution in [2.75, 3.05) is 13.1 Å². The number of thiazole rings is 1. The number of hydrogen-bond acceptors (Lipinski definition) is 4. The van der Waals surface area contributed by atoms with Crippen LogP contribution in [-0.2, 0) is 18.4 Å². The lowest BCUT2D eigenvalue weighted by Gasteiger charge is -2.35. The second-order valence-corrected chi connectivity index (χ2v) is 7.31. The van der Waals surface area contributed by atoms with Gasteiger partial charge in [-0.05, 0) is 25.0 Å². The van der Waals surface area contributed by atoms with Gasteiger partial charge in [0.1, 0.15) is 5.69 Å². The Morgan fingerprint density at radius 2 is 2.25 bits per heavy atom. The summed E-state index contributed by atoms with van der Waals surface area (Å²) >= 11 is 1.54. The molecule has 6 nitrogen and oxygen atoms in total. The van der Waals surface area contributed by atoms with Crippen molar-refractivity contribution in [1.29, 1.82) is 0 Å². The Hall–Kier alpha value is -2.15. The summed E-state index contributed by atoms with van der Waals surface area (Å²) in [7, 11) is 1.87. The highest BCUT2D eigenvalue weighted by atomic mass is 32.1. The summed E-state index contributed by atoms with van der Waals surface area (Å²) in [6, 6.07) is 3.80. The van der Waals surface area contributed by atoms with E-state index in [9.17, 15) is 9.59 Å². The van der Waals surface area contributed by atoms with Crippen molar-refractivity contribution in [3.63, 3.8) is 0 Å². The maximum atomic E-state index is 12.8. The Morgan fingerprint density at radius 1 is 1.38 bits per heavy atom. The third-order valence-corrected chi connectivity index (χ3v) is 5.69. The van der Waals surface area contributed by atoms with Crippen LogP contribution in [0, 0.1) is 5.92 Å². The molecule has 3 aliphatic rings. The number of fused-ring (bicyclic) bond motifs is 4. The number of nitrogens with zero attached hydrogens (tertiary/aromatic N) is 4. The number of rotatable bonds is 3. The fraction of sp³-hybridized carbons (Fsp3) is 0.471. The van der Waals surface area contributed by atoms with Gasteiger partial charge in [0.25, 0.3) is 5.91 Å². The van der Waals surface area contributed by atoms with Crippen molar-refractivity contribution >= 4 is 23.2 Å². The maximum Gasteiger partial charge on any atom is 0.270 e. The highest BCUT2D eigenvalue weighted by Crippen LogP contribution is 2.31. The molecule has 0 N–H and O–H groups in total. The Morgan fingerprint density at radius 3 is 2.96 bits per heavy atom. The van der Waals surface area contributed by atoms with E-state index in [1.54, 1.807) is 16.8 Å². The van der Waals surface area contributed by atoms with Crippen LogP contribution in [0.2, 0.25) is 0 Å². The molecule has 0 radical (unpaired) electrons. The Labute approximate surface area is 144 Å². The normalized spacial score (nSPS) is 23.6. The monoisotopic (exact) mass is 344 g/mol. The van der Waals surface area contributed by atoms with Gasteiger partial charge >= 0.3 is 0 Å². The smallest absolute Gasteiger partial charge is 0.270 e. The van der Waals surface area contributed by atoms with Crippen LogP contribution in [0.15, 0.2) is 29.2 Å². The van der Waals surface area contributed by atoms with Gasteiger partial charge in [0.2, 0.25) is 5.91 Å². The number of aromatic nitrogens is 2. The molecule has 3 fully saturated rings. The average Bonchev–Trinajstić information content (AvgIpc) is 3.15. The van der Waals surface area contributed by atoms with E-state index in [2.05, 4.69) is 4.98 Å². The molecular formula is C17H20N4O2S. The molecule has 2 aromatic heterocycles. The number of carbonyl (C=O) groups excluding carboxylic acids is 2. The second kappa shape index (κ2) is 6.05. The van der Waals surface area contributed by atoms with E-state index >= 15 is 0 Å². The average molecular weight is 344 g/mol. The first kappa shape index (κ1) is 15.4. The van der Waals surface area contributed by atoms with Crippen molar-refractivity contribution < 1.29 is 9.59 Å². The Bertz CT molecular complexity index is 754. The molecule has 0 spiro atoms. The number of piperidine rings is 1. The Kier molecular flexibility index (Phi) is 3.88. The van der Waals surface area contributed by atoms with E-state index in [-0.39, 0.29) is 23.8 Å². The third-order valence-electron chi connectivity index (χ3n) is 5.06. The van der Waals surface area contributed by atoms with Crippen LogP contribution >= 0.6 is 11.3 Å². The number of amides is 2. The van der Waals surface area contributed by atoms with Gasteiger partial charge in [0, 0.05) is 37.8 Å². The minimum absolute atomic E-state index is 0.0164. The van der Waals surface area contributed by atoms with Crippen molar-refractivity contribution in [2.24, 2.45) is 13.0 Å². The van der Waals surface area contributed by atoms with E-state index in [4.69, 9.17) is 0 Å². The van der Waals surface area contributed by atoms with Crippen LogP contribution in [0.3, 0.4) is 0 Å². The topological polar surface area (TPSA) is 58.4 Å². The number of hydrogen-bond donors (Lipinski definition) is 0. The zero-order valence-corrected chi connectivity index (χ0v) is 14.4. The SMILES string of the molecule is Cn1cccc1C(=O)N1C[C@H]2CC[C@@H](C1)N(Cc1cscn1)C2=O. The highest BCUT2D eigenvalue weighted by molar-refractivity contribution is 7.07. The molecule has 2 atom stereocenters. The minimum atomic E-state index is -0.0911. The van der Waals surface area contributed by atoms with Gasteiger partial charge in [-0.3, -0.25) is 9.59 Å². The van der Waals surface area contributed by atoms with Gasteiger partial charge in [-0.25, -0.2) is 4.98 Å². The largest absolute Gasteiger partial charge is 0.347 e. The molecule has 3 saturated heterocycles. The summed E-state index contributed by atoms with van der Waals surface area (Å²) in [5, 5.41) is 1.98. The first-order valence-electron chi connectivity index (χ1n) is 8.21. The predicted molar refractivity (Wildman–Crippen MR) is 90.5 cm³/mol. The van der Waals surface area contributed by atoms with Gasteiger partial charge < -0.3 is 14.4 Å². The molecule has 2 bridgehead atoms. The summed E-state index contributed by atoms with van der Waals surface area (Å²) in [6.45, 7) is 1.68. The number of aryl methyl sites for hydroxylation is 1. The van der Waals surface area contributed by atoms with E-state index in [1.807, 2.05) is 45.1 Å². The molecule has 7 heteroatoms. The van der Waals surface area contributed by atoms with E-state index < -0.39 is 0 Å². The molecule has 2 amide bonds. The molecule has 126 valence electrons. The third kappa shape index (κ3) is 2.62.